The van der Waals surface area contributed by atoms with E-state index in [1.807, 2.05) is 13.0 Å². The minimum Gasteiger partial charge on any atom is -0.466 e. The summed E-state index contributed by atoms with van der Waals surface area (Å²) in [6.07, 6.45) is 11.0. The lowest BCUT2D eigenvalue weighted by molar-refractivity contribution is -0.149. The van der Waals surface area contributed by atoms with Crippen LogP contribution in [0.5, 0.6) is 0 Å². The molecule has 0 fully saturated rings. The van der Waals surface area contributed by atoms with Crippen LogP contribution in [-0.4, -0.2) is 36.9 Å². The maximum atomic E-state index is 11.6. The van der Waals surface area contributed by atoms with E-state index in [0.29, 0.717) is 6.42 Å². The first-order chi connectivity index (χ1) is 12.8. The van der Waals surface area contributed by atoms with Crippen LogP contribution in [0.25, 0.3) is 0 Å². The fourth-order valence-electron chi connectivity index (χ4n) is 2.21. The second kappa shape index (κ2) is 16.3. The zero-order valence-corrected chi connectivity index (χ0v) is 17.4. The van der Waals surface area contributed by atoms with Crippen molar-refractivity contribution in [3.8, 4) is 0 Å². The van der Waals surface area contributed by atoms with Crippen molar-refractivity contribution >= 4 is 11.9 Å². The average molecular weight is 381 g/mol. The summed E-state index contributed by atoms with van der Waals surface area (Å²) in [5, 5.41) is 8.60. The molecule has 0 aliphatic rings. The van der Waals surface area contributed by atoms with Crippen molar-refractivity contribution in [3.63, 3.8) is 0 Å². The smallest absolute Gasteiger partial charge is 0.306 e. The molecule has 1 N–H and O–H groups in total. The van der Waals surface area contributed by atoms with Crippen LogP contribution in [0.2, 0.25) is 0 Å². The number of carbonyl (C=O) groups is 2. The molecule has 0 atom stereocenters. The van der Waals surface area contributed by atoms with E-state index in [4.69, 9.17) is 14.6 Å². The van der Waals surface area contributed by atoms with Gasteiger partial charge >= 0.3 is 11.9 Å². The number of hydrogen-bond donors (Lipinski definition) is 1. The van der Waals surface area contributed by atoms with Gasteiger partial charge in [0.2, 0.25) is 0 Å². The average Bonchev–Trinajstić information content (AvgIpc) is 2.60. The Kier molecular flexibility index (Phi) is 15.2. The number of esters is 2. The molecule has 0 saturated heterocycles. The van der Waals surface area contributed by atoms with Crippen LogP contribution in [0.1, 0.15) is 72.6 Å². The second-order valence-corrected chi connectivity index (χ2v) is 6.94. The third kappa shape index (κ3) is 17.3. The van der Waals surface area contributed by atoms with E-state index < -0.39 is 11.9 Å². The highest BCUT2D eigenvalue weighted by Crippen LogP contribution is 2.11. The van der Waals surface area contributed by atoms with Crippen LogP contribution in [0.3, 0.4) is 0 Å². The van der Waals surface area contributed by atoms with Gasteiger partial charge in [0.05, 0.1) is 19.4 Å². The molecule has 0 heterocycles. The normalized spacial score (nSPS) is 11.9. The molecule has 0 saturated carbocycles. The first-order valence-electron chi connectivity index (χ1n) is 9.72. The van der Waals surface area contributed by atoms with Crippen LogP contribution in [-0.2, 0) is 19.1 Å². The number of aliphatic hydroxyl groups excluding tert-OH is 1. The van der Waals surface area contributed by atoms with Crippen LogP contribution in [0.4, 0.5) is 0 Å². The van der Waals surface area contributed by atoms with Gasteiger partial charge in [-0.3, -0.25) is 9.59 Å². The minimum absolute atomic E-state index is 0.00374. The van der Waals surface area contributed by atoms with Crippen molar-refractivity contribution < 1.29 is 24.2 Å². The summed E-state index contributed by atoms with van der Waals surface area (Å²) >= 11 is 0. The molecule has 0 unspecified atom stereocenters. The maximum Gasteiger partial charge on any atom is 0.306 e. The van der Waals surface area contributed by atoms with Gasteiger partial charge in [0, 0.05) is 13.0 Å². The second-order valence-electron chi connectivity index (χ2n) is 6.94. The molecule has 0 aliphatic heterocycles. The fourth-order valence-corrected chi connectivity index (χ4v) is 2.21. The Balaban J connectivity index is 3.89. The van der Waals surface area contributed by atoms with Crippen LogP contribution in [0, 0.1) is 0 Å². The first kappa shape index (κ1) is 25.1. The number of allylic oxidation sites excluding steroid dienone is 5. The molecule has 5 heteroatoms. The first-order valence-corrected chi connectivity index (χ1v) is 9.72. The minimum atomic E-state index is -0.445. The van der Waals surface area contributed by atoms with Gasteiger partial charge in [0.15, 0.2) is 0 Å². The molecule has 27 heavy (non-hydrogen) atoms. The van der Waals surface area contributed by atoms with Gasteiger partial charge in [-0.25, -0.2) is 0 Å². The molecule has 0 spiro atoms. The third-order valence-corrected chi connectivity index (χ3v) is 3.90. The van der Waals surface area contributed by atoms with Crippen LogP contribution in [0.15, 0.2) is 34.9 Å². The predicted octanol–water partition coefficient (Wildman–Crippen LogP) is 4.65. The van der Waals surface area contributed by atoms with E-state index in [9.17, 15) is 9.59 Å². The highest BCUT2D eigenvalue weighted by molar-refractivity contribution is 5.77. The quantitative estimate of drug-likeness (QED) is 0.270. The monoisotopic (exact) mass is 380 g/mol. The Morgan fingerprint density at radius 2 is 1.33 bits per heavy atom. The van der Waals surface area contributed by atoms with Crippen LogP contribution >= 0.6 is 0 Å². The number of hydrogen-bond acceptors (Lipinski definition) is 5. The standard InChI is InChI=1S/C22H36O5/c1-18(2)8-5-9-19(3)10-6-11-20(4)14-17-27-22(25)13-12-21(24)26-16-7-15-23/h8,10,14,23H,5-7,9,11-13,15-17H2,1-4H3. The van der Waals surface area contributed by atoms with Crippen molar-refractivity contribution in [2.24, 2.45) is 0 Å². The Bertz CT molecular complexity index is 525. The van der Waals surface area contributed by atoms with Crippen molar-refractivity contribution in [2.45, 2.75) is 72.6 Å². The lowest BCUT2D eigenvalue weighted by Gasteiger charge is -2.05. The molecule has 0 radical (unpaired) electrons. The lowest BCUT2D eigenvalue weighted by Crippen LogP contribution is -2.11. The summed E-state index contributed by atoms with van der Waals surface area (Å²) in [5.41, 5.74) is 3.94. The third-order valence-electron chi connectivity index (χ3n) is 3.90. The summed E-state index contributed by atoms with van der Waals surface area (Å²) in [6.45, 7) is 8.80. The molecule has 5 nitrogen and oxygen atoms in total. The van der Waals surface area contributed by atoms with Crippen molar-refractivity contribution in [3.05, 3.63) is 34.9 Å². The molecule has 0 rings (SSSR count). The molecule has 154 valence electrons. The zero-order valence-electron chi connectivity index (χ0n) is 17.4. The highest BCUT2D eigenvalue weighted by Gasteiger charge is 2.08. The van der Waals surface area contributed by atoms with Gasteiger partial charge in [0.1, 0.15) is 6.61 Å². The topological polar surface area (TPSA) is 72.8 Å². The summed E-state index contributed by atoms with van der Waals surface area (Å²) in [5.74, 6) is -0.855. The molecule has 0 aliphatic carbocycles. The van der Waals surface area contributed by atoms with Gasteiger partial charge in [-0.05, 0) is 59.5 Å². The Hall–Kier alpha value is -1.88. The molecular formula is C22H36O5. The summed E-state index contributed by atoms with van der Waals surface area (Å²) in [6, 6.07) is 0. The number of carbonyl (C=O) groups excluding carboxylic acids is 2. The van der Waals surface area contributed by atoms with Gasteiger partial charge < -0.3 is 14.6 Å². The van der Waals surface area contributed by atoms with Gasteiger partial charge in [-0.1, -0.05) is 28.9 Å². The summed E-state index contributed by atoms with van der Waals surface area (Å²) in [7, 11) is 0. The number of rotatable bonds is 14. The molecule has 0 aromatic rings. The number of ether oxygens (including phenoxy) is 2. The molecule has 0 bridgehead atoms. The van der Waals surface area contributed by atoms with Crippen molar-refractivity contribution in [2.75, 3.05) is 19.8 Å². The Morgan fingerprint density at radius 1 is 0.778 bits per heavy atom. The van der Waals surface area contributed by atoms with Gasteiger partial charge in [-0.2, -0.15) is 0 Å². The van der Waals surface area contributed by atoms with E-state index in [1.54, 1.807) is 0 Å². The SMILES string of the molecule is CC(C)=CCCC(C)=CCCC(C)=CCOC(=O)CCC(=O)OCCCO. The summed E-state index contributed by atoms with van der Waals surface area (Å²) in [4.78, 5) is 22.9. The molecule has 0 aromatic carbocycles. The van der Waals surface area contributed by atoms with E-state index >= 15 is 0 Å². The van der Waals surface area contributed by atoms with Crippen LogP contribution < -0.4 is 0 Å². The van der Waals surface area contributed by atoms with E-state index in [1.165, 1.54) is 16.7 Å². The summed E-state index contributed by atoms with van der Waals surface area (Å²) < 4.78 is 9.95. The lowest BCUT2D eigenvalue weighted by atomic mass is 10.1. The van der Waals surface area contributed by atoms with Crippen molar-refractivity contribution in [1.82, 2.24) is 0 Å². The largest absolute Gasteiger partial charge is 0.466 e. The van der Waals surface area contributed by atoms with E-state index in [-0.39, 0.29) is 32.7 Å². The maximum absolute atomic E-state index is 11.6. The predicted molar refractivity (Wildman–Crippen MR) is 108 cm³/mol. The van der Waals surface area contributed by atoms with Gasteiger partial charge in [0.25, 0.3) is 0 Å². The fraction of sp³-hybridized carbons (Fsp3) is 0.636. The van der Waals surface area contributed by atoms with E-state index in [0.717, 1.165) is 25.7 Å². The highest BCUT2D eigenvalue weighted by atomic mass is 16.5. The Morgan fingerprint density at radius 3 is 1.93 bits per heavy atom. The zero-order chi connectivity index (χ0) is 20.5. The van der Waals surface area contributed by atoms with Gasteiger partial charge in [-0.15, -0.1) is 0 Å². The Labute approximate surface area is 164 Å². The molecule has 0 amide bonds. The molecule has 0 aromatic heterocycles. The molecular weight excluding hydrogens is 344 g/mol. The van der Waals surface area contributed by atoms with E-state index in [2.05, 4.69) is 32.9 Å². The van der Waals surface area contributed by atoms with Crippen molar-refractivity contribution in [1.29, 1.82) is 0 Å². The number of aliphatic hydroxyl groups is 1.